The van der Waals surface area contributed by atoms with E-state index in [0.717, 1.165) is 50.5 Å². The molecule has 6 nitrogen and oxygen atoms in total. The van der Waals surface area contributed by atoms with Gasteiger partial charge in [0, 0.05) is 5.69 Å². The number of aromatic nitrogens is 4. The summed E-state index contributed by atoms with van der Waals surface area (Å²) in [6.07, 6.45) is 4.49. The standard InChI is InChI=1S/C23H26F2N6/c24-17-9-11-18(12-10-17)29-13-15-30(16-14-29)22(20-7-3-4-8-21(20)25)23-26-27-28-31(23)19-5-1-2-6-19/h3-4,7-12,19,22H,1-2,5-6,13-16H2/p+1/t22-/m0/s1. The molecule has 3 aromatic rings. The molecule has 2 aliphatic rings. The van der Waals surface area contributed by atoms with Gasteiger partial charge in [-0.1, -0.05) is 25.0 Å². The van der Waals surface area contributed by atoms with Crippen molar-refractivity contribution in [3.05, 3.63) is 71.6 Å². The van der Waals surface area contributed by atoms with Crippen molar-refractivity contribution < 1.29 is 13.7 Å². The molecule has 1 aromatic heterocycles. The lowest BCUT2D eigenvalue weighted by molar-refractivity contribution is -0.927. The molecule has 1 N–H and O–H groups in total. The van der Waals surface area contributed by atoms with Crippen LogP contribution in [-0.4, -0.2) is 46.4 Å². The summed E-state index contributed by atoms with van der Waals surface area (Å²) in [4.78, 5) is 3.50. The average Bonchev–Trinajstić information content (AvgIpc) is 3.48. The number of quaternary nitrogens is 1. The number of rotatable bonds is 5. The number of nitrogens with zero attached hydrogens (tertiary/aromatic N) is 5. The number of halogens is 2. The van der Waals surface area contributed by atoms with Crippen LogP contribution in [0.15, 0.2) is 48.5 Å². The number of piperazine rings is 1. The Balaban J connectivity index is 1.43. The van der Waals surface area contributed by atoms with Gasteiger partial charge in [-0.05, 0) is 59.7 Å². The molecule has 5 rings (SSSR count). The third-order valence-corrected chi connectivity index (χ3v) is 6.67. The summed E-state index contributed by atoms with van der Waals surface area (Å²) in [5, 5.41) is 12.7. The summed E-state index contributed by atoms with van der Waals surface area (Å²) < 4.78 is 30.2. The lowest BCUT2D eigenvalue weighted by Gasteiger charge is -2.37. The van der Waals surface area contributed by atoms with Gasteiger partial charge in [0.15, 0.2) is 6.04 Å². The maximum atomic E-state index is 14.9. The van der Waals surface area contributed by atoms with E-state index in [2.05, 4.69) is 20.4 Å². The van der Waals surface area contributed by atoms with Gasteiger partial charge in [0.05, 0.1) is 37.8 Å². The van der Waals surface area contributed by atoms with E-state index in [1.807, 2.05) is 28.9 Å². The first-order valence-electron chi connectivity index (χ1n) is 11.1. The highest BCUT2D eigenvalue weighted by atomic mass is 19.1. The fourth-order valence-electron chi connectivity index (χ4n) is 5.04. The van der Waals surface area contributed by atoms with Gasteiger partial charge in [-0.25, -0.2) is 13.5 Å². The second kappa shape index (κ2) is 8.70. The van der Waals surface area contributed by atoms with Crippen LogP contribution in [0.4, 0.5) is 14.5 Å². The Kier molecular flexibility index (Phi) is 5.63. The molecule has 0 unspecified atom stereocenters. The van der Waals surface area contributed by atoms with E-state index in [4.69, 9.17) is 0 Å². The van der Waals surface area contributed by atoms with Crippen LogP contribution >= 0.6 is 0 Å². The summed E-state index contributed by atoms with van der Waals surface area (Å²) in [6, 6.07) is 13.6. The van der Waals surface area contributed by atoms with Crippen molar-refractivity contribution >= 4 is 5.69 Å². The molecule has 2 fully saturated rings. The molecule has 0 amide bonds. The lowest BCUT2D eigenvalue weighted by Crippen LogP contribution is -3.15. The second-order valence-electron chi connectivity index (χ2n) is 8.50. The van der Waals surface area contributed by atoms with Crippen LogP contribution in [0, 0.1) is 11.6 Å². The average molecular weight is 426 g/mol. The minimum Gasteiger partial charge on any atom is -0.360 e. The van der Waals surface area contributed by atoms with Gasteiger partial charge in [-0.2, -0.15) is 0 Å². The summed E-state index contributed by atoms with van der Waals surface area (Å²) >= 11 is 0. The summed E-state index contributed by atoms with van der Waals surface area (Å²) in [6.45, 7) is 3.23. The van der Waals surface area contributed by atoms with Crippen LogP contribution < -0.4 is 9.80 Å². The second-order valence-corrected chi connectivity index (χ2v) is 8.50. The Labute approximate surface area is 180 Å². The van der Waals surface area contributed by atoms with Crippen molar-refractivity contribution in [3.8, 4) is 0 Å². The smallest absolute Gasteiger partial charge is 0.214 e. The first-order chi connectivity index (χ1) is 15.2. The minimum atomic E-state index is -0.257. The topological polar surface area (TPSA) is 51.3 Å². The molecule has 0 radical (unpaired) electrons. The number of nitrogens with one attached hydrogen (secondary N) is 1. The summed E-state index contributed by atoms with van der Waals surface area (Å²) in [7, 11) is 0. The predicted molar refractivity (Wildman–Crippen MR) is 113 cm³/mol. The molecule has 2 heterocycles. The number of tetrazole rings is 1. The molecule has 2 aromatic carbocycles. The molecule has 0 bridgehead atoms. The minimum absolute atomic E-state index is 0.220. The van der Waals surface area contributed by atoms with Crippen molar-refractivity contribution in [1.29, 1.82) is 0 Å². The fourth-order valence-corrected chi connectivity index (χ4v) is 5.04. The Morgan fingerprint density at radius 1 is 0.935 bits per heavy atom. The van der Waals surface area contributed by atoms with Crippen molar-refractivity contribution in [2.75, 3.05) is 31.1 Å². The quantitative estimate of drug-likeness (QED) is 0.683. The zero-order chi connectivity index (χ0) is 21.2. The van der Waals surface area contributed by atoms with Crippen LogP contribution in [-0.2, 0) is 0 Å². The highest BCUT2D eigenvalue weighted by molar-refractivity contribution is 5.46. The zero-order valence-electron chi connectivity index (χ0n) is 17.4. The summed E-state index contributed by atoms with van der Waals surface area (Å²) in [5.74, 6) is 0.301. The Morgan fingerprint density at radius 2 is 1.65 bits per heavy atom. The van der Waals surface area contributed by atoms with Gasteiger partial charge < -0.3 is 9.80 Å². The summed E-state index contributed by atoms with van der Waals surface area (Å²) in [5.41, 5.74) is 1.65. The molecule has 8 heteroatoms. The lowest BCUT2D eigenvalue weighted by atomic mass is 10.0. The number of hydrogen-bond acceptors (Lipinski definition) is 4. The SMILES string of the molecule is Fc1ccc(N2CC[NH+]([C@@H](c3ccccc3F)c3nnnn3C3CCCC3)CC2)cc1. The monoisotopic (exact) mass is 425 g/mol. The van der Waals surface area contributed by atoms with Crippen molar-refractivity contribution in [3.63, 3.8) is 0 Å². The Bertz CT molecular complexity index is 1010. The molecule has 1 aliphatic heterocycles. The van der Waals surface area contributed by atoms with E-state index < -0.39 is 0 Å². The van der Waals surface area contributed by atoms with E-state index in [1.165, 1.54) is 35.9 Å². The largest absolute Gasteiger partial charge is 0.360 e. The van der Waals surface area contributed by atoms with Crippen LogP contribution in [0.5, 0.6) is 0 Å². The fraction of sp³-hybridized carbons (Fsp3) is 0.435. The molecule has 1 atom stereocenters. The van der Waals surface area contributed by atoms with Crippen LogP contribution in [0.3, 0.4) is 0 Å². The third-order valence-electron chi connectivity index (χ3n) is 6.67. The number of benzene rings is 2. The van der Waals surface area contributed by atoms with E-state index in [1.54, 1.807) is 6.07 Å². The van der Waals surface area contributed by atoms with Crippen LogP contribution in [0.25, 0.3) is 0 Å². The maximum absolute atomic E-state index is 14.9. The van der Waals surface area contributed by atoms with Crippen molar-refractivity contribution in [1.82, 2.24) is 20.2 Å². The van der Waals surface area contributed by atoms with E-state index in [0.29, 0.717) is 11.6 Å². The predicted octanol–water partition coefficient (Wildman–Crippen LogP) is 2.56. The van der Waals surface area contributed by atoms with Crippen LogP contribution in [0.1, 0.15) is 49.2 Å². The first kappa shape index (κ1) is 20.1. The Hall–Kier alpha value is -2.87. The molecule has 1 saturated carbocycles. The molecule has 1 aliphatic carbocycles. The highest BCUT2D eigenvalue weighted by Crippen LogP contribution is 2.31. The van der Waals surface area contributed by atoms with Gasteiger partial charge >= 0.3 is 0 Å². The number of anilines is 1. The molecular formula is C23H27F2N6+. The third kappa shape index (κ3) is 4.04. The highest BCUT2D eigenvalue weighted by Gasteiger charge is 2.37. The molecule has 1 saturated heterocycles. The number of hydrogen-bond donors (Lipinski definition) is 1. The van der Waals surface area contributed by atoms with Crippen LogP contribution in [0.2, 0.25) is 0 Å². The van der Waals surface area contributed by atoms with Gasteiger partial charge in [-0.3, -0.25) is 0 Å². The molecule has 0 spiro atoms. The first-order valence-corrected chi connectivity index (χ1v) is 11.1. The van der Waals surface area contributed by atoms with E-state index in [9.17, 15) is 8.78 Å². The van der Waals surface area contributed by atoms with Gasteiger partial charge in [0.2, 0.25) is 5.82 Å². The van der Waals surface area contributed by atoms with Gasteiger partial charge in [0.1, 0.15) is 11.6 Å². The van der Waals surface area contributed by atoms with E-state index in [-0.39, 0.29) is 17.7 Å². The van der Waals surface area contributed by atoms with Gasteiger partial charge in [0.25, 0.3) is 0 Å². The maximum Gasteiger partial charge on any atom is 0.214 e. The van der Waals surface area contributed by atoms with E-state index >= 15 is 0 Å². The Morgan fingerprint density at radius 3 is 2.35 bits per heavy atom. The molecule has 162 valence electrons. The zero-order valence-corrected chi connectivity index (χ0v) is 17.4. The van der Waals surface area contributed by atoms with Gasteiger partial charge in [-0.15, -0.1) is 5.10 Å². The van der Waals surface area contributed by atoms with Crippen molar-refractivity contribution in [2.45, 2.75) is 37.8 Å². The molecular weight excluding hydrogens is 398 g/mol. The normalized spacial score (nSPS) is 19.1. The van der Waals surface area contributed by atoms with Crippen molar-refractivity contribution in [2.24, 2.45) is 0 Å². The molecule has 31 heavy (non-hydrogen) atoms.